The molecule has 0 fully saturated rings. The minimum Gasteiger partial charge on any atom is -0.508 e. The number of hydrogen-bond donors (Lipinski definition) is 16. The van der Waals surface area contributed by atoms with E-state index in [0.717, 1.165) is 0 Å². The Morgan fingerprint density at radius 3 is 1.42 bits per heavy atom. The van der Waals surface area contributed by atoms with Gasteiger partial charge in [0.15, 0.2) is 0 Å². The van der Waals surface area contributed by atoms with Gasteiger partial charge in [-0.05, 0) is 107 Å². The molecule has 0 heterocycles. The van der Waals surface area contributed by atoms with Crippen LogP contribution in [0.25, 0.3) is 0 Å². The molecule has 1 aromatic rings. The second kappa shape index (κ2) is 34.6. The Balaban J connectivity index is 3.19. The van der Waals surface area contributed by atoms with Crippen molar-refractivity contribution in [3.63, 3.8) is 0 Å². The zero-order valence-corrected chi connectivity index (χ0v) is 46.9. The molecule has 0 saturated carbocycles. The summed E-state index contributed by atoms with van der Waals surface area (Å²) in [6.45, 7) is 15.8. The number of carboxylic acid groups (broad SMARTS) is 1. The summed E-state index contributed by atoms with van der Waals surface area (Å²) in [7, 11) is 0. The molecule has 436 valence electrons. The summed E-state index contributed by atoms with van der Waals surface area (Å²) < 4.78 is 0. The molecule has 77 heavy (non-hydrogen) atoms. The third-order valence-corrected chi connectivity index (χ3v) is 12.4. The van der Waals surface area contributed by atoms with Crippen molar-refractivity contribution in [3.05, 3.63) is 29.8 Å². The number of unbranched alkanes of at least 4 members (excludes halogenated alkanes) is 1. The van der Waals surface area contributed by atoms with E-state index in [0.29, 0.717) is 18.4 Å². The predicted molar refractivity (Wildman–Crippen MR) is 289 cm³/mol. The standard InChI is InChI=1S/C51H87N11O14S/c1-25(2)19-35(45(69)54-29(9)42(66)61-40(28(7)8)49(73)58-37(51(75)76)21-27(5)6)57-50(74)41(30(10)64)62-48(72)39(24-77)60-44(68)34(13-11-12-18-52)55-47(71)38(23-63)59-46(70)36(20-26(3)4)56-43(67)33(53)22-31-14-16-32(65)17-15-31/h14-17,25-30,33-41,63-65,77H,11-13,18-24,52-53H2,1-10H3,(H,54,69)(H,55,71)(H,56,67)(H,57,74)(H,58,73)(H,59,70)(H,60,68)(H,61,66)(H,62,72)(H,75,76)/t29-,30+,33-,34-,35-,36-,37-,38-,39-,40-,41-/m0/s1. The first-order chi connectivity index (χ1) is 35.9. The van der Waals surface area contributed by atoms with E-state index in [9.17, 15) is 68.4 Å². The molecule has 0 aliphatic rings. The Kier molecular flexibility index (Phi) is 31.0. The van der Waals surface area contributed by atoms with Gasteiger partial charge in [-0.15, -0.1) is 0 Å². The van der Waals surface area contributed by atoms with Gasteiger partial charge in [0.2, 0.25) is 53.2 Å². The lowest BCUT2D eigenvalue weighted by atomic mass is 10.00. The maximum atomic E-state index is 13.8. The Morgan fingerprint density at radius 1 is 0.519 bits per heavy atom. The summed E-state index contributed by atoms with van der Waals surface area (Å²) in [6.07, 6.45) is -0.509. The Hall–Kier alpha value is -6.09. The minimum absolute atomic E-state index is 0.0235. The van der Waals surface area contributed by atoms with Crippen LogP contribution in [-0.4, -0.2) is 165 Å². The monoisotopic (exact) mass is 1110 g/mol. The number of carboxylic acids is 1. The number of hydrogen-bond acceptors (Lipinski definition) is 16. The highest BCUT2D eigenvalue weighted by molar-refractivity contribution is 7.80. The Morgan fingerprint density at radius 2 is 0.935 bits per heavy atom. The molecule has 0 aliphatic carbocycles. The van der Waals surface area contributed by atoms with E-state index in [2.05, 4.69) is 60.5 Å². The lowest BCUT2D eigenvalue weighted by molar-refractivity contribution is -0.143. The van der Waals surface area contributed by atoms with Crippen molar-refractivity contribution in [1.82, 2.24) is 47.9 Å². The summed E-state index contributed by atoms with van der Waals surface area (Å²) in [6, 6.07) is -7.37. The van der Waals surface area contributed by atoms with Gasteiger partial charge >= 0.3 is 5.97 Å². The zero-order chi connectivity index (χ0) is 58.9. The topological polar surface area (TPSA) is 412 Å². The minimum atomic E-state index is -1.71. The van der Waals surface area contributed by atoms with Crippen LogP contribution in [0.5, 0.6) is 5.75 Å². The van der Waals surface area contributed by atoms with Crippen molar-refractivity contribution in [3.8, 4) is 5.75 Å². The van der Waals surface area contributed by atoms with Crippen LogP contribution < -0.4 is 59.3 Å². The highest BCUT2D eigenvalue weighted by atomic mass is 32.1. The number of aliphatic hydroxyl groups is 2. The molecule has 0 spiro atoms. The highest BCUT2D eigenvalue weighted by Crippen LogP contribution is 2.14. The molecule has 1 rings (SSSR count). The largest absolute Gasteiger partial charge is 0.508 e. The number of aliphatic carboxylic acids is 1. The summed E-state index contributed by atoms with van der Waals surface area (Å²) in [5, 5.41) is 62.6. The summed E-state index contributed by atoms with van der Waals surface area (Å²) >= 11 is 4.22. The fraction of sp³-hybridized carbons (Fsp3) is 0.686. The smallest absolute Gasteiger partial charge is 0.326 e. The SMILES string of the molecule is CC(C)C[C@H](NC(=O)[C@@H](NC(=O)[C@H](C)NC(=O)[C@H](CC(C)C)NC(=O)[C@@H](NC(=O)[C@H](CS)NC(=O)[C@H](CCCCN)NC(=O)[C@H](CO)NC(=O)[C@H](CC(C)C)NC(=O)[C@@H](N)Cc1ccc(O)cc1)[C@@H](C)O)C(C)C)C(=O)O. The van der Waals surface area contributed by atoms with Gasteiger partial charge in [-0.1, -0.05) is 67.5 Å². The average molecular weight is 1110 g/mol. The van der Waals surface area contributed by atoms with E-state index >= 15 is 0 Å². The number of thiol groups is 1. The van der Waals surface area contributed by atoms with Crippen LogP contribution in [0.4, 0.5) is 0 Å². The Bertz CT molecular complexity index is 2110. The van der Waals surface area contributed by atoms with Gasteiger partial charge in [-0.25, -0.2) is 4.79 Å². The second-order valence-electron chi connectivity index (χ2n) is 20.9. The number of nitrogens with one attached hydrogen (secondary N) is 9. The number of amides is 9. The Labute approximate surface area is 456 Å². The van der Waals surface area contributed by atoms with Crippen LogP contribution in [0, 0.1) is 23.7 Å². The van der Waals surface area contributed by atoms with E-state index in [1.807, 2.05) is 0 Å². The van der Waals surface area contributed by atoms with E-state index in [1.165, 1.54) is 26.0 Å². The first kappa shape index (κ1) is 68.9. The summed E-state index contributed by atoms with van der Waals surface area (Å²) in [5.41, 5.74) is 12.5. The third kappa shape index (κ3) is 25.3. The zero-order valence-electron chi connectivity index (χ0n) is 46.0. The van der Waals surface area contributed by atoms with Gasteiger partial charge in [-0.3, -0.25) is 43.2 Å². The maximum Gasteiger partial charge on any atom is 0.326 e. The average Bonchev–Trinajstić information content (AvgIpc) is 3.34. The van der Waals surface area contributed by atoms with Crippen molar-refractivity contribution in [2.45, 2.75) is 181 Å². The van der Waals surface area contributed by atoms with Crippen molar-refractivity contribution < 1.29 is 68.4 Å². The molecule has 0 unspecified atom stereocenters. The van der Waals surface area contributed by atoms with Crippen molar-refractivity contribution in [1.29, 1.82) is 0 Å². The second-order valence-corrected chi connectivity index (χ2v) is 21.3. The third-order valence-electron chi connectivity index (χ3n) is 12.0. The molecular weight excluding hydrogens is 1020 g/mol. The van der Waals surface area contributed by atoms with E-state index in [4.69, 9.17) is 11.5 Å². The fourth-order valence-corrected chi connectivity index (χ4v) is 7.95. The van der Waals surface area contributed by atoms with Crippen molar-refractivity contribution in [2.75, 3.05) is 18.9 Å². The van der Waals surface area contributed by atoms with Gasteiger partial charge < -0.3 is 79.7 Å². The number of carbonyl (C=O) groups excluding carboxylic acids is 9. The summed E-state index contributed by atoms with van der Waals surface area (Å²) in [5.74, 6) is -10.2. The lowest BCUT2D eigenvalue weighted by Gasteiger charge is -2.29. The molecule has 11 atom stereocenters. The van der Waals surface area contributed by atoms with Gasteiger partial charge in [0.25, 0.3) is 0 Å². The van der Waals surface area contributed by atoms with Crippen LogP contribution in [0.15, 0.2) is 24.3 Å². The molecule has 0 aliphatic heterocycles. The molecule has 9 amide bonds. The van der Waals surface area contributed by atoms with Gasteiger partial charge in [0.05, 0.1) is 18.8 Å². The number of benzene rings is 1. The molecule has 0 radical (unpaired) electrons. The van der Waals surface area contributed by atoms with Crippen molar-refractivity contribution >= 4 is 71.8 Å². The molecule has 1 aromatic carbocycles. The van der Waals surface area contributed by atoms with Crippen LogP contribution in [0.1, 0.15) is 113 Å². The number of carbonyl (C=O) groups is 10. The molecule has 17 N–H and O–H groups in total. The number of nitrogens with two attached hydrogens (primary N) is 2. The van der Waals surface area contributed by atoms with E-state index in [1.54, 1.807) is 67.5 Å². The number of aromatic hydroxyl groups is 1. The number of aliphatic hydroxyl groups excluding tert-OH is 2. The van der Waals surface area contributed by atoms with Crippen molar-refractivity contribution in [2.24, 2.45) is 35.1 Å². The number of phenols is 1. The molecule has 26 heteroatoms. The van der Waals surface area contributed by atoms with Gasteiger partial charge in [-0.2, -0.15) is 12.6 Å². The van der Waals surface area contributed by atoms with Gasteiger partial charge in [0, 0.05) is 5.75 Å². The lowest BCUT2D eigenvalue weighted by Crippen LogP contribution is -2.62. The highest BCUT2D eigenvalue weighted by Gasteiger charge is 2.36. The van der Waals surface area contributed by atoms with Crippen LogP contribution in [-0.2, 0) is 54.4 Å². The first-order valence-electron chi connectivity index (χ1n) is 26.1. The molecule has 0 bridgehead atoms. The molecule has 25 nitrogen and oxygen atoms in total. The maximum absolute atomic E-state index is 13.8. The number of phenolic OH excluding ortho intramolecular Hbond substituents is 1. The quantitative estimate of drug-likeness (QED) is 0.0257. The first-order valence-corrected chi connectivity index (χ1v) is 26.7. The van der Waals surface area contributed by atoms with Crippen LogP contribution in [0.2, 0.25) is 0 Å². The number of rotatable bonds is 35. The van der Waals surface area contributed by atoms with Gasteiger partial charge in [0.1, 0.15) is 60.1 Å². The molecular formula is C51H87N11O14S. The summed E-state index contributed by atoms with van der Waals surface area (Å²) in [4.78, 5) is 134. The normalized spacial score (nSPS) is 15.7. The van der Waals surface area contributed by atoms with Crippen LogP contribution >= 0.6 is 12.6 Å². The fourth-order valence-electron chi connectivity index (χ4n) is 7.70. The predicted octanol–water partition coefficient (Wildman–Crippen LogP) is -2.04. The molecule has 0 aromatic heterocycles. The van der Waals surface area contributed by atoms with E-state index in [-0.39, 0.29) is 67.9 Å². The molecule has 0 saturated heterocycles. The van der Waals surface area contributed by atoms with Crippen LogP contribution in [0.3, 0.4) is 0 Å². The van der Waals surface area contributed by atoms with E-state index < -0.39 is 138 Å².